The van der Waals surface area contributed by atoms with Gasteiger partial charge in [0.2, 0.25) is 0 Å². The molecule has 2 aliphatic rings. The highest BCUT2D eigenvalue weighted by molar-refractivity contribution is 4.90. The Labute approximate surface area is 94.0 Å². The number of nitrogens with one attached hydrogen (secondary N) is 1. The second-order valence-electron chi connectivity index (χ2n) is 5.50. The molecule has 2 heteroatoms. The molecule has 2 fully saturated rings. The minimum Gasteiger partial charge on any atom is -0.271 e. The fourth-order valence-corrected chi connectivity index (χ4v) is 3.62. The summed E-state index contributed by atoms with van der Waals surface area (Å²) in [7, 11) is 0. The molecule has 88 valence electrons. The van der Waals surface area contributed by atoms with Crippen molar-refractivity contribution in [3.63, 3.8) is 0 Å². The van der Waals surface area contributed by atoms with Gasteiger partial charge in [0.25, 0.3) is 0 Å². The largest absolute Gasteiger partial charge is 0.271 e. The van der Waals surface area contributed by atoms with Gasteiger partial charge >= 0.3 is 0 Å². The van der Waals surface area contributed by atoms with E-state index < -0.39 is 0 Å². The molecule has 0 aromatic heterocycles. The molecule has 2 saturated carbocycles. The maximum Gasteiger partial charge on any atom is 0.0269 e. The minimum atomic E-state index is 0.615. The normalized spacial score (nSPS) is 34.8. The first-order valence-electron chi connectivity index (χ1n) is 6.83. The molecular weight excluding hydrogens is 184 g/mol. The molecule has 15 heavy (non-hydrogen) atoms. The standard InChI is InChI=1S/C13H26N2/c1-2-10-6-3-4-9-12(10)13(15-14)11-7-5-8-11/h10-13,15H,2-9,14H2,1H3. The van der Waals surface area contributed by atoms with Gasteiger partial charge in [0, 0.05) is 6.04 Å². The van der Waals surface area contributed by atoms with Crippen LogP contribution >= 0.6 is 0 Å². The molecule has 0 aromatic rings. The molecule has 0 heterocycles. The maximum atomic E-state index is 5.78. The van der Waals surface area contributed by atoms with Gasteiger partial charge in [-0.05, 0) is 37.0 Å². The van der Waals surface area contributed by atoms with E-state index in [0.717, 1.165) is 17.8 Å². The number of hydrazine groups is 1. The number of nitrogens with two attached hydrogens (primary N) is 1. The van der Waals surface area contributed by atoms with Crippen LogP contribution in [0.5, 0.6) is 0 Å². The highest BCUT2D eigenvalue weighted by Gasteiger charge is 2.36. The van der Waals surface area contributed by atoms with Crippen LogP contribution in [0.2, 0.25) is 0 Å². The quantitative estimate of drug-likeness (QED) is 0.553. The van der Waals surface area contributed by atoms with E-state index in [1.54, 1.807) is 0 Å². The Morgan fingerprint density at radius 1 is 1.13 bits per heavy atom. The zero-order valence-electron chi connectivity index (χ0n) is 10.0. The van der Waals surface area contributed by atoms with Crippen LogP contribution in [0.3, 0.4) is 0 Å². The van der Waals surface area contributed by atoms with Crippen LogP contribution in [0.4, 0.5) is 0 Å². The van der Waals surface area contributed by atoms with Crippen molar-refractivity contribution in [3.8, 4) is 0 Å². The lowest BCUT2D eigenvalue weighted by Crippen LogP contribution is -2.50. The average molecular weight is 210 g/mol. The van der Waals surface area contributed by atoms with E-state index in [1.807, 2.05) is 0 Å². The Balaban J connectivity index is 1.97. The van der Waals surface area contributed by atoms with Gasteiger partial charge in [0.1, 0.15) is 0 Å². The topological polar surface area (TPSA) is 38.0 Å². The van der Waals surface area contributed by atoms with Gasteiger partial charge in [-0.25, -0.2) is 0 Å². The van der Waals surface area contributed by atoms with Crippen LogP contribution in [0, 0.1) is 17.8 Å². The van der Waals surface area contributed by atoms with Crippen molar-refractivity contribution in [3.05, 3.63) is 0 Å². The summed E-state index contributed by atoms with van der Waals surface area (Å²) < 4.78 is 0. The summed E-state index contributed by atoms with van der Waals surface area (Å²) in [6.07, 6.45) is 11.3. The molecule has 0 saturated heterocycles. The first-order chi connectivity index (χ1) is 7.36. The lowest BCUT2D eigenvalue weighted by molar-refractivity contribution is 0.101. The third kappa shape index (κ3) is 2.36. The Morgan fingerprint density at radius 3 is 2.40 bits per heavy atom. The third-order valence-corrected chi connectivity index (χ3v) is 4.80. The van der Waals surface area contributed by atoms with E-state index in [-0.39, 0.29) is 0 Å². The molecule has 0 radical (unpaired) electrons. The summed E-state index contributed by atoms with van der Waals surface area (Å²) in [6, 6.07) is 0.615. The molecule has 3 atom stereocenters. The Morgan fingerprint density at radius 2 is 1.87 bits per heavy atom. The van der Waals surface area contributed by atoms with Crippen molar-refractivity contribution < 1.29 is 0 Å². The first-order valence-corrected chi connectivity index (χ1v) is 6.83. The van der Waals surface area contributed by atoms with Crippen LogP contribution in [0.15, 0.2) is 0 Å². The Kier molecular flexibility index (Phi) is 4.04. The second-order valence-corrected chi connectivity index (χ2v) is 5.50. The fraction of sp³-hybridized carbons (Fsp3) is 1.00. The van der Waals surface area contributed by atoms with Crippen molar-refractivity contribution in [1.82, 2.24) is 5.43 Å². The van der Waals surface area contributed by atoms with Crippen LogP contribution in [-0.2, 0) is 0 Å². The summed E-state index contributed by atoms with van der Waals surface area (Å²) in [6.45, 7) is 2.34. The van der Waals surface area contributed by atoms with Gasteiger partial charge in [0.05, 0.1) is 0 Å². The van der Waals surface area contributed by atoms with Gasteiger partial charge in [0.15, 0.2) is 0 Å². The highest BCUT2D eigenvalue weighted by atomic mass is 15.2. The molecule has 0 aromatic carbocycles. The molecule has 0 bridgehead atoms. The molecule has 0 aliphatic heterocycles. The van der Waals surface area contributed by atoms with Gasteiger partial charge in [-0.15, -0.1) is 0 Å². The van der Waals surface area contributed by atoms with E-state index in [0.29, 0.717) is 6.04 Å². The summed E-state index contributed by atoms with van der Waals surface area (Å²) in [4.78, 5) is 0. The summed E-state index contributed by atoms with van der Waals surface area (Å²) in [5.74, 6) is 8.45. The molecular formula is C13H26N2. The van der Waals surface area contributed by atoms with Crippen molar-refractivity contribution >= 4 is 0 Å². The first kappa shape index (κ1) is 11.4. The fourth-order valence-electron chi connectivity index (χ4n) is 3.62. The molecule has 3 unspecified atom stereocenters. The van der Waals surface area contributed by atoms with Gasteiger partial charge in [-0.1, -0.05) is 39.0 Å². The second kappa shape index (κ2) is 5.31. The summed E-state index contributed by atoms with van der Waals surface area (Å²) in [5, 5.41) is 0. The van der Waals surface area contributed by atoms with Gasteiger partial charge in [-0.2, -0.15) is 0 Å². The van der Waals surface area contributed by atoms with Crippen LogP contribution in [0.25, 0.3) is 0 Å². The van der Waals surface area contributed by atoms with Crippen molar-refractivity contribution in [2.24, 2.45) is 23.6 Å². The average Bonchev–Trinajstić information content (AvgIpc) is 2.23. The number of hydrogen-bond acceptors (Lipinski definition) is 2. The zero-order chi connectivity index (χ0) is 10.7. The molecule has 2 nitrogen and oxygen atoms in total. The van der Waals surface area contributed by atoms with E-state index in [2.05, 4.69) is 12.3 Å². The van der Waals surface area contributed by atoms with Crippen molar-refractivity contribution in [2.45, 2.75) is 64.3 Å². The third-order valence-electron chi connectivity index (χ3n) is 4.80. The van der Waals surface area contributed by atoms with Crippen LogP contribution in [0.1, 0.15) is 58.3 Å². The molecule has 0 spiro atoms. The van der Waals surface area contributed by atoms with Gasteiger partial charge in [-0.3, -0.25) is 11.3 Å². The lowest BCUT2D eigenvalue weighted by atomic mass is 9.66. The smallest absolute Gasteiger partial charge is 0.0269 e. The van der Waals surface area contributed by atoms with E-state index in [1.165, 1.54) is 51.4 Å². The van der Waals surface area contributed by atoms with E-state index in [4.69, 9.17) is 5.84 Å². The maximum absolute atomic E-state index is 5.78. The number of hydrogen-bond donors (Lipinski definition) is 2. The summed E-state index contributed by atoms with van der Waals surface area (Å²) >= 11 is 0. The SMILES string of the molecule is CCC1CCCCC1C(NN)C1CCC1. The predicted octanol–water partition coefficient (Wildman–Crippen LogP) is 2.83. The Hall–Kier alpha value is -0.0800. The summed E-state index contributed by atoms with van der Waals surface area (Å²) in [5.41, 5.74) is 3.14. The minimum absolute atomic E-state index is 0.615. The molecule has 3 N–H and O–H groups in total. The molecule has 2 rings (SSSR count). The van der Waals surface area contributed by atoms with E-state index >= 15 is 0 Å². The highest BCUT2D eigenvalue weighted by Crippen LogP contribution is 2.41. The van der Waals surface area contributed by atoms with Gasteiger partial charge < -0.3 is 0 Å². The lowest BCUT2D eigenvalue weighted by Gasteiger charge is -2.43. The molecule has 0 amide bonds. The molecule has 2 aliphatic carbocycles. The van der Waals surface area contributed by atoms with Crippen molar-refractivity contribution in [1.29, 1.82) is 0 Å². The monoisotopic (exact) mass is 210 g/mol. The predicted molar refractivity (Wildman–Crippen MR) is 64.2 cm³/mol. The zero-order valence-corrected chi connectivity index (χ0v) is 10.0. The Bertz CT molecular complexity index is 189. The van der Waals surface area contributed by atoms with E-state index in [9.17, 15) is 0 Å². The number of rotatable bonds is 4. The van der Waals surface area contributed by atoms with Crippen molar-refractivity contribution in [2.75, 3.05) is 0 Å². The van der Waals surface area contributed by atoms with Crippen LogP contribution < -0.4 is 11.3 Å². The van der Waals surface area contributed by atoms with Crippen LogP contribution in [-0.4, -0.2) is 6.04 Å².